The van der Waals surface area contributed by atoms with Gasteiger partial charge in [-0.25, -0.2) is 29.9 Å². The average Bonchev–Trinajstić information content (AvgIpc) is 3.29. The van der Waals surface area contributed by atoms with Crippen LogP contribution in [0.5, 0.6) is 0 Å². The molecule has 10 rings (SSSR count). The molecule has 1 aliphatic carbocycles. The van der Waals surface area contributed by atoms with Gasteiger partial charge in [0.05, 0.1) is 0 Å². The molecule has 3 heterocycles. The van der Waals surface area contributed by atoms with Crippen molar-refractivity contribution < 1.29 is 0 Å². The van der Waals surface area contributed by atoms with Crippen LogP contribution >= 0.6 is 11.8 Å². The minimum atomic E-state index is -0.107. The standard InChI is InChI=1S/C51H38N6S/c1-51(2)41-20-12-13-21-43(41)58-44-32-40(30-31-42(44)51)50-56-47(37-18-10-5-11-19-37)55-49(57-50)39-28-24-34(25-29-39)33-22-26-38(27-23-33)48-53-45(35-14-6-3-7-15-35)52-46(54-48)36-16-8-4-9-17-36/h3,5-8,10-32H,4,9H2,1-2H3. The van der Waals surface area contributed by atoms with E-state index < -0.39 is 0 Å². The van der Waals surface area contributed by atoms with E-state index in [-0.39, 0.29) is 5.41 Å². The first-order chi connectivity index (χ1) is 28.5. The SMILES string of the molecule is CC1(C)c2ccccc2Sc2cc(-c3nc(-c4ccccc4)nc(-c4ccc(-c5ccc(-c6nc(C7=CCCC=C7)nc(-c7ccccc7)n6)cc5)cc4)n3)ccc21. The van der Waals surface area contributed by atoms with Crippen LogP contribution in [0, 0.1) is 0 Å². The number of hydrogen-bond acceptors (Lipinski definition) is 7. The van der Waals surface area contributed by atoms with Crippen LogP contribution in [0.15, 0.2) is 180 Å². The second kappa shape index (κ2) is 14.9. The molecular formula is C51H38N6S. The van der Waals surface area contributed by atoms with Gasteiger partial charge in [-0.15, -0.1) is 0 Å². The number of fused-ring (bicyclic) bond motifs is 2. The maximum atomic E-state index is 5.09. The predicted octanol–water partition coefficient (Wildman–Crippen LogP) is 12.6. The second-order valence-corrected chi connectivity index (χ2v) is 16.2. The molecule has 8 aromatic rings. The molecule has 0 saturated heterocycles. The maximum absolute atomic E-state index is 5.09. The zero-order chi connectivity index (χ0) is 39.1. The zero-order valence-electron chi connectivity index (χ0n) is 32.2. The summed E-state index contributed by atoms with van der Waals surface area (Å²) < 4.78 is 0. The lowest BCUT2D eigenvalue weighted by Crippen LogP contribution is -2.23. The van der Waals surface area contributed by atoms with Gasteiger partial charge in [0.1, 0.15) is 0 Å². The van der Waals surface area contributed by atoms with E-state index >= 15 is 0 Å². The van der Waals surface area contributed by atoms with Crippen molar-refractivity contribution in [2.45, 2.75) is 41.9 Å². The minimum Gasteiger partial charge on any atom is -0.208 e. The van der Waals surface area contributed by atoms with E-state index in [4.69, 9.17) is 29.9 Å². The molecule has 278 valence electrons. The largest absolute Gasteiger partial charge is 0.208 e. The van der Waals surface area contributed by atoms with Gasteiger partial charge in [0.2, 0.25) is 0 Å². The molecule has 0 saturated carbocycles. The van der Waals surface area contributed by atoms with Crippen molar-refractivity contribution in [1.29, 1.82) is 0 Å². The van der Waals surface area contributed by atoms with E-state index in [0.717, 1.165) is 57.4 Å². The van der Waals surface area contributed by atoms with Gasteiger partial charge in [-0.3, -0.25) is 0 Å². The van der Waals surface area contributed by atoms with Crippen LogP contribution in [-0.2, 0) is 5.41 Å². The Kier molecular flexibility index (Phi) is 9.15. The Morgan fingerprint density at radius 2 is 0.828 bits per heavy atom. The summed E-state index contributed by atoms with van der Waals surface area (Å²) in [5, 5.41) is 0. The summed E-state index contributed by atoms with van der Waals surface area (Å²) in [4.78, 5) is 32.4. The monoisotopic (exact) mass is 766 g/mol. The van der Waals surface area contributed by atoms with E-state index in [1.165, 1.54) is 20.9 Å². The highest BCUT2D eigenvalue weighted by molar-refractivity contribution is 7.99. The van der Waals surface area contributed by atoms with Gasteiger partial charge in [0.25, 0.3) is 0 Å². The predicted molar refractivity (Wildman–Crippen MR) is 235 cm³/mol. The molecule has 58 heavy (non-hydrogen) atoms. The van der Waals surface area contributed by atoms with E-state index in [9.17, 15) is 0 Å². The van der Waals surface area contributed by atoms with E-state index in [1.807, 2.05) is 72.4 Å². The van der Waals surface area contributed by atoms with Gasteiger partial charge in [0, 0.05) is 48.6 Å². The van der Waals surface area contributed by atoms with Gasteiger partial charge in [0.15, 0.2) is 34.9 Å². The third-order valence-corrected chi connectivity index (χ3v) is 12.0. The third kappa shape index (κ3) is 6.84. The van der Waals surface area contributed by atoms with Crippen molar-refractivity contribution in [3.8, 4) is 68.1 Å². The topological polar surface area (TPSA) is 77.3 Å². The normalized spacial score (nSPS) is 14.0. The Morgan fingerprint density at radius 1 is 0.397 bits per heavy atom. The Hall–Kier alpha value is -6.83. The maximum Gasteiger partial charge on any atom is 0.164 e. The van der Waals surface area contributed by atoms with Crippen LogP contribution in [0.1, 0.15) is 43.6 Å². The quantitative estimate of drug-likeness (QED) is 0.160. The molecule has 2 aliphatic rings. The molecule has 0 atom stereocenters. The van der Waals surface area contributed by atoms with Crippen molar-refractivity contribution in [2.24, 2.45) is 0 Å². The molecule has 1 aliphatic heterocycles. The first-order valence-corrected chi connectivity index (χ1v) is 20.4. The Balaban J connectivity index is 0.970. The van der Waals surface area contributed by atoms with Gasteiger partial charge in [-0.05, 0) is 47.2 Å². The molecule has 6 aromatic carbocycles. The highest BCUT2D eigenvalue weighted by Gasteiger charge is 2.33. The summed E-state index contributed by atoms with van der Waals surface area (Å²) in [6.07, 6.45) is 8.50. The lowest BCUT2D eigenvalue weighted by molar-refractivity contribution is 0.607. The fourth-order valence-electron chi connectivity index (χ4n) is 7.70. The summed E-state index contributed by atoms with van der Waals surface area (Å²) >= 11 is 1.81. The fourth-order valence-corrected chi connectivity index (χ4v) is 9.14. The van der Waals surface area contributed by atoms with Crippen molar-refractivity contribution in [1.82, 2.24) is 29.9 Å². The first kappa shape index (κ1) is 35.6. The Bertz CT molecular complexity index is 2870. The summed E-state index contributed by atoms with van der Waals surface area (Å²) in [6, 6.07) is 52.4. The van der Waals surface area contributed by atoms with Crippen molar-refractivity contribution >= 4 is 17.3 Å². The van der Waals surface area contributed by atoms with Crippen LogP contribution in [-0.4, -0.2) is 29.9 Å². The van der Waals surface area contributed by atoms with Gasteiger partial charge < -0.3 is 0 Å². The van der Waals surface area contributed by atoms with Crippen molar-refractivity contribution in [3.63, 3.8) is 0 Å². The zero-order valence-corrected chi connectivity index (χ0v) is 33.0. The molecular weight excluding hydrogens is 729 g/mol. The van der Waals surface area contributed by atoms with Crippen LogP contribution < -0.4 is 0 Å². The van der Waals surface area contributed by atoms with Gasteiger partial charge in [-0.1, -0.05) is 183 Å². The molecule has 0 unspecified atom stereocenters. The average molecular weight is 767 g/mol. The van der Waals surface area contributed by atoms with Crippen molar-refractivity contribution in [3.05, 3.63) is 187 Å². The molecule has 0 spiro atoms. The molecule has 2 aromatic heterocycles. The lowest BCUT2D eigenvalue weighted by Gasteiger charge is -2.34. The Labute approximate surface area is 342 Å². The molecule has 0 bridgehead atoms. The van der Waals surface area contributed by atoms with Gasteiger partial charge in [-0.2, -0.15) is 0 Å². The highest BCUT2D eigenvalue weighted by atomic mass is 32.2. The second-order valence-electron chi connectivity index (χ2n) is 15.1. The van der Waals surface area contributed by atoms with Crippen LogP contribution in [0.25, 0.3) is 73.6 Å². The minimum absolute atomic E-state index is 0.107. The highest BCUT2D eigenvalue weighted by Crippen LogP contribution is 2.49. The van der Waals surface area contributed by atoms with Crippen LogP contribution in [0.4, 0.5) is 0 Å². The summed E-state index contributed by atoms with van der Waals surface area (Å²) in [5.41, 5.74) is 10.5. The summed E-state index contributed by atoms with van der Waals surface area (Å²) in [7, 11) is 0. The lowest BCUT2D eigenvalue weighted by atomic mass is 9.77. The number of allylic oxidation sites excluding steroid dienone is 4. The molecule has 0 fully saturated rings. The molecule has 0 amide bonds. The molecule has 0 radical (unpaired) electrons. The van der Waals surface area contributed by atoms with Crippen molar-refractivity contribution in [2.75, 3.05) is 0 Å². The van der Waals surface area contributed by atoms with Crippen LogP contribution in [0.3, 0.4) is 0 Å². The number of nitrogens with zero attached hydrogens (tertiary/aromatic N) is 6. The third-order valence-electron chi connectivity index (χ3n) is 10.9. The first-order valence-electron chi connectivity index (χ1n) is 19.6. The molecule has 0 N–H and O–H groups in total. The number of hydrogen-bond donors (Lipinski definition) is 0. The van der Waals surface area contributed by atoms with E-state index in [2.05, 4.69) is 123 Å². The van der Waals surface area contributed by atoms with E-state index in [0.29, 0.717) is 34.9 Å². The van der Waals surface area contributed by atoms with E-state index in [1.54, 1.807) is 0 Å². The molecule has 7 heteroatoms. The Morgan fingerprint density at radius 3 is 1.36 bits per heavy atom. The summed E-state index contributed by atoms with van der Waals surface area (Å²) in [6.45, 7) is 4.61. The fraction of sp³-hybridized carbons (Fsp3) is 0.0980. The smallest absolute Gasteiger partial charge is 0.164 e. The molecule has 6 nitrogen and oxygen atoms in total. The number of aromatic nitrogens is 6. The van der Waals surface area contributed by atoms with Crippen LogP contribution in [0.2, 0.25) is 0 Å². The number of rotatable bonds is 7. The summed E-state index contributed by atoms with van der Waals surface area (Å²) in [5.74, 6) is 3.93. The number of benzene rings is 6. The van der Waals surface area contributed by atoms with Gasteiger partial charge >= 0.3 is 0 Å².